The first-order chi connectivity index (χ1) is 22.2. The molecule has 268 valence electrons. The van der Waals surface area contributed by atoms with Gasteiger partial charge in [0.2, 0.25) is 5.91 Å². The van der Waals surface area contributed by atoms with Crippen molar-refractivity contribution < 1.29 is 38.5 Å². The minimum atomic E-state index is -0.853. The van der Waals surface area contributed by atoms with Crippen LogP contribution in [0.15, 0.2) is 0 Å². The van der Waals surface area contributed by atoms with Gasteiger partial charge in [-0.2, -0.15) is 0 Å². The highest BCUT2D eigenvalue weighted by atomic mass is 16.5. The first-order valence-corrected chi connectivity index (χ1v) is 17.2. The van der Waals surface area contributed by atoms with E-state index < -0.39 is 5.97 Å². The van der Waals surface area contributed by atoms with Crippen molar-refractivity contribution in [2.75, 3.05) is 119 Å². The third-order valence-corrected chi connectivity index (χ3v) is 8.33. The summed E-state index contributed by atoms with van der Waals surface area (Å²) < 4.78 is 16.3. The fraction of sp³-hybridized carbons (Fsp3) is 0.879. The van der Waals surface area contributed by atoms with Crippen LogP contribution in [0.3, 0.4) is 0 Å². The highest BCUT2D eigenvalue weighted by Crippen LogP contribution is 2.30. The van der Waals surface area contributed by atoms with Gasteiger partial charge in [-0.3, -0.25) is 29.0 Å². The van der Waals surface area contributed by atoms with E-state index in [0.717, 1.165) is 45.4 Å². The SMILES string of the molecule is CC.CC(=O)CCOCCOCCOCCNC(=O)CCC(C(=O)C1CCC1)N1CCN(C)CCN(C)CCN(CC(=O)O)CC1. The minimum Gasteiger partial charge on any atom is -0.480 e. The molecule has 1 aliphatic carbocycles. The normalized spacial score (nSPS) is 18.7. The third-order valence-electron chi connectivity index (χ3n) is 8.33. The second kappa shape index (κ2) is 26.0. The summed E-state index contributed by atoms with van der Waals surface area (Å²) in [6.07, 6.45) is 3.96. The molecule has 1 atom stereocenters. The van der Waals surface area contributed by atoms with E-state index in [1.165, 1.54) is 6.92 Å². The van der Waals surface area contributed by atoms with Gasteiger partial charge in [0, 0.05) is 77.7 Å². The lowest BCUT2D eigenvalue weighted by Gasteiger charge is -2.38. The molecule has 1 unspecified atom stereocenters. The average molecular weight is 658 g/mol. The zero-order valence-electron chi connectivity index (χ0n) is 29.3. The Morgan fingerprint density at radius 3 is 1.85 bits per heavy atom. The number of amides is 1. The van der Waals surface area contributed by atoms with Gasteiger partial charge in [0.15, 0.2) is 5.78 Å². The van der Waals surface area contributed by atoms with Crippen molar-refractivity contribution in [2.24, 2.45) is 5.92 Å². The summed E-state index contributed by atoms with van der Waals surface area (Å²) in [5.41, 5.74) is 0. The molecule has 1 heterocycles. The number of likely N-dealkylation sites (N-methyl/N-ethyl adjacent to an activating group) is 2. The molecule has 46 heavy (non-hydrogen) atoms. The molecule has 0 radical (unpaired) electrons. The van der Waals surface area contributed by atoms with Gasteiger partial charge in [-0.15, -0.1) is 0 Å². The second-order valence-electron chi connectivity index (χ2n) is 12.0. The summed E-state index contributed by atoms with van der Waals surface area (Å²) in [6, 6.07) is -0.364. The Morgan fingerprint density at radius 2 is 1.28 bits per heavy atom. The quantitative estimate of drug-likeness (QED) is 0.182. The zero-order valence-corrected chi connectivity index (χ0v) is 29.3. The van der Waals surface area contributed by atoms with Crippen LogP contribution in [0.4, 0.5) is 0 Å². The van der Waals surface area contributed by atoms with Crippen LogP contribution in [0, 0.1) is 5.92 Å². The molecule has 0 bridgehead atoms. The molecule has 13 nitrogen and oxygen atoms in total. The van der Waals surface area contributed by atoms with Gasteiger partial charge in [-0.05, 0) is 40.3 Å². The number of hydrogen-bond donors (Lipinski definition) is 2. The molecule has 2 N–H and O–H groups in total. The largest absolute Gasteiger partial charge is 0.480 e. The summed E-state index contributed by atoms with van der Waals surface area (Å²) in [7, 11) is 4.15. The Bertz CT molecular complexity index is 860. The molecule has 0 aromatic heterocycles. The van der Waals surface area contributed by atoms with E-state index in [0.29, 0.717) is 85.2 Å². The van der Waals surface area contributed by atoms with Gasteiger partial charge in [-0.1, -0.05) is 20.3 Å². The van der Waals surface area contributed by atoms with Crippen LogP contribution in [-0.2, 0) is 33.4 Å². The predicted octanol–water partition coefficient (Wildman–Crippen LogP) is 1.24. The van der Waals surface area contributed by atoms with Gasteiger partial charge in [0.05, 0.1) is 52.2 Å². The van der Waals surface area contributed by atoms with Crippen molar-refractivity contribution in [1.29, 1.82) is 0 Å². The molecule has 2 rings (SSSR count). The van der Waals surface area contributed by atoms with Crippen LogP contribution < -0.4 is 5.32 Å². The Kier molecular flexibility index (Phi) is 23.8. The van der Waals surface area contributed by atoms with Gasteiger partial charge in [0.25, 0.3) is 0 Å². The fourth-order valence-corrected chi connectivity index (χ4v) is 5.18. The van der Waals surface area contributed by atoms with Crippen molar-refractivity contribution in [3.63, 3.8) is 0 Å². The van der Waals surface area contributed by atoms with Crippen LogP contribution in [0.5, 0.6) is 0 Å². The second-order valence-corrected chi connectivity index (χ2v) is 12.0. The molecule has 1 saturated heterocycles. The standard InChI is InChI=1S/C31H57N5O8.C2H6/c1-26(37)9-19-42-21-23-44-24-22-43-20-10-32-29(38)8-7-28(31(41)27-5-4-6-27)36-17-14-34(3)12-11-33(2)13-15-35(16-18-36)25-30(39)40;1-2/h27-28H,4-25H2,1-3H3,(H,32,38)(H,39,40);1-2H3. The molecule has 1 saturated carbocycles. The van der Waals surface area contributed by atoms with E-state index in [2.05, 4.69) is 34.1 Å². The minimum absolute atomic E-state index is 0.0317. The number of nitrogens with one attached hydrogen (secondary N) is 1. The number of ether oxygens (including phenoxy) is 3. The van der Waals surface area contributed by atoms with E-state index >= 15 is 0 Å². The molecular formula is C33H63N5O8. The van der Waals surface area contributed by atoms with Crippen molar-refractivity contribution in [2.45, 2.75) is 65.3 Å². The van der Waals surface area contributed by atoms with Gasteiger partial charge in [-0.25, -0.2) is 0 Å². The van der Waals surface area contributed by atoms with Crippen molar-refractivity contribution in [1.82, 2.24) is 24.9 Å². The number of rotatable bonds is 20. The number of carboxylic acids is 1. The molecule has 2 fully saturated rings. The monoisotopic (exact) mass is 657 g/mol. The number of carbonyl (C=O) groups is 4. The van der Waals surface area contributed by atoms with E-state index in [9.17, 15) is 24.3 Å². The lowest BCUT2D eigenvalue weighted by atomic mass is 9.78. The lowest BCUT2D eigenvalue weighted by molar-refractivity contribution is -0.139. The highest BCUT2D eigenvalue weighted by molar-refractivity contribution is 5.87. The molecule has 2 aliphatic rings. The van der Waals surface area contributed by atoms with E-state index in [-0.39, 0.29) is 42.4 Å². The van der Waals surface area contributed by atoms with Crippen molar-refractivity contribution in [3.05, 3.63) is 0 Å². The molecule has 0 aromatic rings. The summed E-state index contributed by atoms with van der Waals surface area (Å²) in [4.78, 5) is 57.4. The first-order valence-electron chi connectivity index (χ1n) is 17.2. The summed E-state index contributed by atoms with van der Waals surface area (Å²) >= 11 is 0. The van der Waals surface area contributed by atoms with E-state index in [1.54, 1.807) is 0 Å². The Labute approximate surface area is 277 Å². The van der Waals surface area contributed by atoms with Crippen LogP contribution in [0.1, 0.15) is 59.3 Å². The maximum atomic E-state index is 13.6. The van der Waals surface area contributed by atoms with Crippen molar-refractivity contribution >= 4 is 23.4 Å². The topological polar surface area (TPSA) is 141 Å². The predicted molar refractivity (Wildman–Crippen MR) is 178 cm³/mol. The smallest absolute Gasteiger partial charge is 0.317 e. The maximum Gasteiger partial charge on any atom is 0.317 e. The average Bonchev–Trinajstić information content (AvgIpc) is 2.99. The van der Waals surface area contributed by atoms with E-state index in [4.69, 9.17) is 14.2 Å². The lowest BCUT2D eigenvalue weighted by Crippen LogP contribution is -2.52. The van der Waals surface area contributed by atoms with Crippen molar-refractivity contribution in [3.8, 4) is 0 Å². The third kappa shape index (κ3) is 19.6. The number of carbonyl (C=O) groups excluding carboxylic acids is 3. The van der Waals surface area contributed by atoms with E-state index in [1.807, 2.05) is 18.7 Å². The number of hydrogen-bond acceptors (Lipinski definition) is 11. The zero-order chi connectivity index (χ0) is 34.2. The molecule has 1 aliphatic heterocycles. The number of aliphatic carboxylic acids is 1. The number of ketones is 2. The number of Topliss-reactive ketones (excluding diaryl/α,β-unsaturated/α-hetero) is 2. The van der Waals surface area contributed by atoms with Crippen LogP contribution in [0.2, 0.25) is 0 Å². The van der Waals surface area contributed by atoms with Gasteiger partial charge >= 0.3 is 5.97 Å². The fourth-order valence-electron chi connectivity index (χ4n) is 5.18. The highest BCUT2D eigenvalue weighted by Gasteiger charge is 2.35. The van der Waals surface area contributed by atoms with Crippen LogP contribution >= 0.6 is 0 Å². The Hall–Kier alpha value is -2.00. The summed E-state index contributed by atoms with van der Waals surface area (Å²) in [6.45, 7) is 14.1. The Balaban J connectivity index is 0.00000518. The summed E-state index contributed by atoms with van der Waals surface area (Å²) in [5, 5.41) is 12.4. The maximum absolute atomic E-state index is 13.6. The molecular weight excluding hydrogens is 594 g/mol. The van der Waals surface area contributed by atoms with Crippen LogP contribution in [0.25, 0.3) is 0 Å². The first kappa shape index (κ1) is 42.0. The van der Waals surface area contributed by atoms with Gasteiger partial charge < -0.3 is 34.4 Å². The summed E-state index contributed by atoms with van der Waals surface area (Å²) in [5.74, 6) is -0.594. The van der Waals surface area contributed by atoms with Crippen LogP contribution in [-0.4, -0.2) is 173 Å². The Morgan fingerprint density at radius 1 is 0.761 bits per heavy atom. The molecule has 0 spiro atoms. The molecule has 13 heteroatoms. The van der Waals surface area contributed by atoms with Gasteiger partial charge in [0.1, 0.15) is 5.78 Å². The number of nitrogens with zero attached hydrogens (tertiary/aromatic N) is 4. The molecule has 1 amide bonds. The number of carboxylic acid groups (broad SMARTS) is 1. The molecule has 0 aromatic carbocycles.